The normalized spacial score (nSPS) is 10.5. The van der Waals surface area contributed by atoms with E-state index >= 15 is 0 Å². The fraction of sp³-hybridized carbons (Fsp3) is 0.267. The number of nitrogens with one attached hydrogen (secondary N) is 1. The lowest BCUT2D eigenvalue weighted by Crippen LogP contribution is -2.13. The van der Waals surface area contributed by atoms with E-state index in [9.17, 15) is 4.39 Å². The molecule has 0 spiro atoms. The molecule has 0 aliphatic heterocycles. The second-order valence-corrected chi connectivity index (χ2v) is 5.15. The van der Waals surface area contributed by atoms with Crippen molar-refractivity contribution in [3.8, 4) is 17.4 Å². The highest BCUT2D eigenvalue weighted by atomic mass is 79.9. The topological polar surface area (TPSA) is 43.4 Å². The number of ether oxygens (including phenoxy) is 2. The first-order valence-electron chi connectivity index (χ1n) is 6.50. The molecule has 1 aromatic heterocycles. The van der Waals surface area contributed by atoms with Crippen molar-refractivity contribution in [2.45, 2.75) is 13.5 Å². The third kappa shape index (κ3) is 4.15. The van der Waals surface area contributed by atoms with Crippen LogP contribution in [0.5, 0.6) is 17.4 Å². The Morgan fingerprint density at radius 3 is 2.81 bits per heavy atom. The molecule has 0 saturated heterocycles. The van der Waals surface area contributed by atoms with E-state index in [0.717, 1.165) is 17.2 Å². The number of nitrogens with zero attached hydrogens (tertiary/aromatic N) is 1. The van der Waals surface area contributed by atoms with Gasteiger partial charge in [0.25, 0.3) is 0 Å². The number of pyridine rings is 1. The Bertz CT molecular complexity index is 623. The van der Waals surface area contributed by atoms with Crippen LogP contribution in [0, 0.1) is 5.82 Å². The number of halogens is 2. The van der Waals surface area contributed by atoms with Crippen molar-refractivity contribution in [3.63, 3.8) is 0 Å². The van der Waals surface area contributed by atoms with E-state index in [0.29, 0.717) is 29.5 Å². The van der Waals surface area contributed by atoms with Gasteiger partial charge < -0.3 is 14.8 Å². The monoisotopic (exact) mass is 354 g/mol. The zero-order chi connectivity index (χ0) is 15.2. The Labute approximate surface area is 131 Å². The van der Waals surface area contributed by atoms with Gasteiger partial charge in [-0.1, -0.05) is 6.92 Å². The van der Waals surface area contributed by atoms with E-state index in [2.05, 4.69) is 26.2 Å². The Hall–Kier alpha value is -1.66. The van der Waals surface area contributed by atoms with Crippen LogP contribution in [-0.4, -0.2) is 18.6 Å². The SMILES string of the molecule is CCNCc1cc(F)cnc1Oc1ccc(OC)cc1Br. The van der Waals surface area contributed by atoms with Crippen LogP contribution >= 0.6 is 15.9 Å². The molecule has 4 nitrogen and oxygen atoms in total. The third-order valence-corrected chi connectivity index (χ3v) is 3.42. The molecule has 1 heterocycles. The average Bonchev–Trinajstić information content (AvgIpc) is 2.49. The van der Waals surface area contributed by atoms with Crippen molar-refractivity contribution < 1.29 is 13.9 Å². The highest BCUT2D eigenvalue weighted by Crippen LogP contribution is 2.33. The third-order valence-electron chi connectivity index (χ3n) is 2.80. The minimum atomic E-state index is -0.385. The van der Waals surface area contributed by atoms with Crippen LogP contribution in [0.1, 0.15) is 12.5 Å². The summed E-state index contributed by atoms with van der Waals surface area (Å²) in [5, 5.41) is 3.13. The van der Waals surface area contributed by atoms with Crippen molar-refractivity contribution in [2.75, 3.05) is 13.7 Å². The van der Waals surface area contributed by atoms with Crippen LogP contribution in [0.25, 0.3) is 0 Å². The summed E-state index contributed by atoms with van der Waals surface area (Å²) in [5.74, 6) is 1.30. The van der Waals surface area contributed by atoms with Gasteiger partial charge in [-0.25, -0.2) is 9.37 Å². The van der Waals surface area contributed by atoms with Gasteiger partial charge in [0, 0.05) is 12.1 Å². The van der Waals surface area contributed by atoms with Gasteiger partial charge in [-0.05, 0) is 46.7 Å². The number of hydrogen-bond donors (Lipinski definition) is 1. The predicted molar refractivity (Wildman–Crippen MR) is 82.3 cm³/mol. The molecule has 21 heavy (non-hydrogen) atoms. The molecule has 0 unspecified atom stereocenters. The Kier molecular flexibility index (Phi) is 5.52. The number of methoxy groups -OCH3 is 1. The Morgan fingerprint density at radius 2 is 2.14 bits per heavy atom. The molecule has 0 radical (unpaired) electrons. The lowest BCUT2D eigenvalue weighted by molar-refractivity contribution is 0.410. The maximum atomic E-state index is 13.3. The fourth-order valence-electron chi connectivity index (χ4n) is 1.74. The standard InChI is InChI=1S/C15H16BrFN2O2/c1-3-18-8-10-6-11(17)9-19-15(10)21-14-5-4-12(20-2)7-13(14)16/h4-7,9,18H,3,8H2,1-2H3. The van der Waals surface area contributed by atoms with Gasteiger partial charge in [0.1, 0.15) is 17.3 Å². The van der Waals surface area contributed by atoms with Gasteiger partial charge in [0.05, 0.1) is 17.8 Å². The summed E-state index contributed by atoms with van der Waals surface area (Å²) in [7, 11) is 1.60. The molecule has 112 valence electrons. The summed E-state index contributed by atoms with van der Waals surface area (Å²) in [4.78, 5) is 4.02. The number of aromatic nitrogens is 1. The molecule has 1 N–H and O–H groups in total. The molecule has 0 bridgehead atoms. The fourth-order valence-corrected chi connectivity index (χ4v) is 2.18. The van der Waals surface area contributed by atoms with Gasteiger partial charge in [0.15, 0.2) is 0 Å². The molecule has 0 atom stereocenters. The van der Waals surface area contributed by atoms with Crippen molar-refractivity contribution in [3.05, 3.63) is 46.3 Å². The predicted octanol–water partition coefficient (Wildman–Crippen LogP) is 3.89. The average molecular weight is 355 g/mol. The molecule has 0 fully saturated rings. The highest BCUT2D eigenvalue weighted by molar-refractivity contribution is 9.10. The maximum absolute atomic E-state index is 13.3. The van der Waals surface area contributed by atoms with E-state index in [4.69, 9.17) is 9.47 Å². The molecular formula is C15H16BrFN2O2. The van der Waals surface area contributed by atoms with E-state index in [1.54, 1.807) is 25.3 Å². The first-order chi connectivity index (χ1) is 10.1. The van der Waals surface area contributed by atoms with Gasteiger partial charge in [0.2, 0.25) is 5.88 Å². The number of rotatable bonds is 6. The van der Waals surface area contributed by atoms with Crippen molar-refractivity contribution in [1.82, 2.24) is 10.3 Å². The van der Waals surface area contributed by atoms with Crippen LogP contribution in [0.4, 0.5) is 4.39 Å². The zero-order valence-corrected chi connectivity index (χ0v) is 13.4. The molecule has 0 saturated carbocycles. The zero-order valence-electron chi connectivity index (χ0n) is 11.8. The summed E-state index contributed by atoms with van der Waals surface area (Å²) in [6.07, 6.45) is 1.14. The summed E-state index contributed by atoms with van der Waals surface area (Å²) < 4.78 is 25.0. The number of benzene rings is 1. The van der Waals surface area contributed by atoms with E-state index in [1.807, 2.05) is 6.92 Å². The van der Waals surface area contributed by atoms with Crippen molar-refractivity contribution >= 4 is 15.9 Å². The van der Waals surface area contributed by atoms with Crippen LogP contribution in [-0.2, 0) is 6.54 Å². The minimum Gasteiger partial charge on any atom is -0.497 e. The number of hydrogen-bond acceptors (Lipinski definition) is 4. The molecule has 0 aliphatic carbocycles. The van der Waals surface area contributed by atoms with Crippen LogP contribution < -0.4 is 14.8 Å². The molecule has 6 heteroatoms. The second-order valence-electron chi connectivity index (χ2n) is 4.30. The smallest absolute Gasteiger partial charge is 0.223 e. The Morgan fingerprint density at radius 1 is 1.33 bits per heavy atom. The summed E-state index contributed by atoms with van der Waals surface area (Å²) in [6, 6.07) is 6.77. The van der Waals surface area contributed by atoms with Crippen molar-refractivity contribution in [1.29, 1.82) is 0 Å². The quantitative estimate of drug-likeness (QED) is 0.854. The lowest BCUT2D eigenvalue weighted by Gasteiger charge is -2.12. The van der Waals surface area contributed by atoms with Crippen LogP contribution in [0.15, 0.2) is 34.9 Å². The first kappa shape index (κ1) is 15.7. The van der Waals surface area contributed by atoms with E-state index in [-0.39, 0.29) is 5.82 Å². The lowest BCUT2D eigenvalue weighted by atomic mass is 10.2. The van der Waals surface area contributed by atoms with Crippen LogP contribution in [0.2, 0.25) is 0 Å². The highest BCUT2D eigenvalue weighted by Gasteiger charge is 2.11. The molecule has 1 aromatic carbocycles. The minimum absolute atomic E-state index is 0.378. The van der Waals surface area contributed by atoms with E-state index < -0.39 is 0 Å². The second kappa shape index (κ2) is 7.38. The van der Waals surface area contributed by atoms with Gasteiger partial charge in [-0.2, -0.15) is 0 Å². The molecule has 2 aromatic rings. The first-order valence-corrected chi connectivity index (χ1v) is 7.30. The maximum Gasteiger partial charge on any atom is 0.223 e. The van der Waals surface area contributed by atoms with Crippen LogP contribution in [0.3, 0.4) is 0 Å². The van der Waals surface area contributed by atoms with Gasteiger partial charge in [-0.3, -0.25) is 0 Å². The molecule has 2 rings (SSSR count). The largest absolute Gasteiger partial charge is 0.497 e. The van der Waals surface area contributed by atoms with Crippen molar-refractivity contribution in [2.24, 2.45) is 0 Å². The molecule has 0 amide bonds. The van der Waals surface area contributed by atoms with E-state index in [1.165, 1.54) is 6.07 Å². The summed E-state index contributed by atoms with van der Waals surface area (Å²) >= 11 is 3.41. The summed E-state index contributed by atoms with van der Waals surface area (Å²) in [6.45, 7) is 3.25. The summed E-state index contributed by atoms with van der Waals surface area (Å²) in [5.41, 5.74) is 0.666. The van der Waals surface area contributed by atoms with Gasteiger partial charge >= 0.3 is 0 Å². The van der Waals surface area contributed by atoms with Gasteiger partial charge in [-0.15, -0.1) is 0 Å². The molecular weight excluding hydrogens is 339 g/mol. The Balaban J connectivity index is 2.26. The molecule has 0 aliphatic rings.